The smallest absolute Gasteiger partial charge is 0.266 e. The van der Waals surface area contributed by atoms with Gasteiger partial charge in [-0.15, -0.1) is 0 Å². The van der Waals surface area contributed by atoms with Crippen molar-refractivity contribution in [2.24, 2.45) is 5.73 Å². The van der Waals surface area contributed by atoms with Crippen LogP contribution in [0, 0.1) is 13.8 Å². The molecule has 2 rings (SSSR count). The molecular formula is C12H15N3O. The Bertz CT molecular complexity index is 428. The average molecular weight is 217 g/mol. The first-order chi connectivity index (χ1) is 7.61. The van der Waals surface area contributed by atoms with Crippen LogP contribution in [-0.4, -0.2) is 16.1 Å². The van der Waals surface area contributed by atoms with Gasteiger partial charge in [-0.3, -0.25) is 9.89 Å². The van der Waals surface area contributed by atoms with Gasteiger partial charge in [0.2, 0.25) is 0 Å². The van der Waals surface area contributed by atoms with Gasteiger partial charge >= 0.3 is 0 Å². The second kappa shape index (κ2) is 5.70. The van der Waals surface area contributed by atoms with E-state index < -0.39 is 5.91 Å². The van der Waals surface area contributed by atoms with E-state index in [1.165, 1.54) is 23.4 Å². The highest BCUT2D eigenvalue weighted by Crippen LogP contribution is 2.02. The molecule has 0 saturated carbocycles. The number of rotatable bonds is 1. The number of benzene rings is 1. The van der Waals surface area contributed by atoms with E-state index in [0.29, 0.717) is 5.69 Å². The number of nitrogens with two attached hydrogens (primary N) is 1. The fourth-order valence-corrected chi connectivity index (χ4v) is 1.06. The van der Waals surface area contributed by atoms with Gasteiger partial charge in [-0.1, -0.05) is 24.3 Å². The van der Waals surface area contributed by atoms with Crippen molar-refractivity contribution in [1.82, 2.24) is 10.2 Å². The molecule has 1 aromatic heterocycles. The van der Waals surface area contributed by atoms with Crippen LogP contribution in [0.5, 0.6) is 0 Å². The molecule has 84 valence electrons. The first-order valence-corrected chi connectivity index (χ1v) is 4.92. The van der Waals surface area contributed by atoms with Crippen molar-refractivity contribution >= 4 is 5.91 Å². The van der Waals surface area contributed by atoms with Crippen LogP contribution in [0.4, 0.5) is 0 Å². The molecule has 0 aliphatic heterocycles. The van der Waals surface area contributed by atoms with Crippen LogP contribution >= 0.6 is 0 Å². The highest BCUT2D eigenvalue weighted by molar-refractivity contribution is 5.90. The third-order valence-corrected chi connectivity index (χ3v) is 2.19. The molecule has 1 heterocycles. The molecule has 1 amide bonds. The minimum atomic E-state index is -0.484. The Morgan fingerprint density at radius 2 is 1.75 bits per heavy atom. The van der Waals surface area contributed by atoms with Gasteiger partial charge in [0.25, 0.3) is 5.91 Å². The summed E-state index contributed by atoms with van der Waals surface area (Å²) in [4.78, 5) is 10.2. The zero-order valence-corrected chi connectivity index (χ0v) is 9.40. The largest absolute Gasteiger partial charge is 0.364 e. The van der Waals surface area contributed by atoms with Gasteiger partial charge in [0, 0.05) is 6.20 Å². The number of aromatic nitrogens is 2. The standard InChI is InChI=1S/C8H10.C4H5N3O/c1-7-5-3-4-6-8(7)2;5-4(8)3-1-2-6-7-3/h3-6H,1-2H3;1-2H,(H2,5,8)(H,6,7). The number of aromatic amines is 1. The molecule has 3 N–H and O–H groups in total. The Hall–Kier alpha value is -2.10. The summed E-state index contributed by atoms with van der Waals surface area (Å²) in [5.41, 5.74) is 7.92. The van der Waals surface area contributed by atoms with Gasteiger partial charge in [-0.2, -0.15) is 5.10 Å². The minimum absolute atomic E-state index is 0.338. The number of amides is 1. The quantitative estimate of drug-likeness (QED) is 0.764. The van der Waals surface area contributed by atoms with Gasteiger partial charge < -0.3 is 5.73 Å². The maximum absolute atomic E-state index is 10.2. The van der Waals surface area contributed by atoms with E-state index in [9.17, 15) is 4.79 Å². The highest BCUT2D eigenvalue weighted by Gasteiger charge is 1.96. The zero-order chi connectivity index (χ0) is 12.0. The molecule has 0 unspecified atom stereocenters. The summed E-state index contributed by atoms with van der Waals surface area (Å²) in [6.07, 6.45) is 1.47. The molecule has 0 spiro atoms. The number of H-pyrrole nitrogens is 1. The molecule has 1 aromatic carbocycles. The summed E-state index contributed by atoms with van der Waals surface area (Å²) in [7, 11) is 0. The topological polar surface area (TPSA) is 71.8 Å². The Kier molecular flexibility index (Phi) is 4.27. The Balaban J connectivity index is 0.000000160. The van der Waals surface area contributed by atoms with E-state index in [4.69, 9.17) is 5.73 Å². The van der Waals surface area contributed by atoms with E-state index in [2.05, 4.69) is 48.3 Å². The maximum Gasteiger partial charge on any atom is 0.266 e. The molecule has 0 bridgehead atoms. The molecule has 4 nitrogen and oxygen atoms in total. The molecule has 2 aromatic rings. The molecular weight excluding hydrogens is 202 g/mol. The third kappa shape index (κ3) is 3.57. The van der Waals surface area contributed by atoms with Gasteiger partial charge in [0.15, 0.2) is 0 Å². The zero-order valence-electron chi connectivity index (χ0n) is 9.40. The van der Waals surface area contributed by atoms with Crippen molar-refractivity contribution in [2.45, 2.75) is 13.8 Å². The number of hydrogen-bond donors (Lipinski definition) is 2. The van der Waals surface area contributed by atoms with Crippen LogP contribution in [0.25, 0.3) is 0 Å². The lowest BCUT2D eigenvalue weighted by molar-refractivity contribution is 0.0995. The van der Waals surface area contributed by atoms with Crippen molar-refractivity contribution < 1.29 is 4.79 Å². The first kappa shape index (κ1) is 12.0. The normalized spacial score (nSPS) is 9.12. The lowest BCUT2D eigenvalue weighted by Gasteiger charge is -1.93. The molecule has 0 radical (unpaired) electrons. The van der Waals surface area contributed by atoms with Crippen LogP contribution < -0.4 is 5.73 Å². The highest BCUT2D eigenvalue weighted by atomic mass is 16.1. The minimum Gasteiger partial charge on any atom is -0.364 e. The number of primary amides is 1. The van der Waals surface area contributed by atoms with E-state index in [1.54, 1.807) is 0 Å². The number of nitrogens with zero attached hydrogens (tertiary/aromatic N) is 1. The Labute approximate surface area is 94.5 Å². The molecule has 0 atom stereocenters. The Morgan fingerprint density at radius 3 is 2.00 bits per heavy atom. The monoisotopic (exact) mass is 217 g/mol. The van der Waals surface area contributed by atoms with Crippen molar-refractivity contribution in [3.63, 3.8) is 0 Å². The van der Waals surface area contributed by atoms with E-state index in [-0.39, 0.29) is 0 Å². The fourth-order valence-electron chi connectivity index (χ4n) is 1.06. The second-order valence-electron chi connectivity index (χ2n) is 3.42. The van der Waals surface area contributed by atoms with Gasteiger partial charge in [0.1, 0.15) is 5.69 Å². The van der Waals surface area contributed by atoms with E-state index in [1.807, 2.05) is 0 Å². The molecule has 16 heavy (non-hydrogen) atoms. The van der Waals surface area contributed by atoms with Crippen LogP contribution in [-0.2, 0) is 0 Å². The van der Waals surface area contributed by atoms with Crippen LogP contribution in [0.1, 0.15) is 21.6 Å². The number of hydrogen-bond acceptors (Lipinski definition) is 2. The summed E-state index contributed by atoms with van der Waals surface area (Å²) >= 11 is 0. The summed E-state index contributed by atoms with van der Waals surface area (Å²) in [5, 5.41) is 5.93. The molecule has 0 aliphatic carbocycles. The van der Waals surface area contributed by atoms with Crippen molar-refractivity contribution in [3.05, 3.63) is 53.3 Å². The summed E-state index contributed by atoms with van der Waals surface area (Å²) < 4.78 is 0. The lowest BCUT2D eigenvalue weighted by atomic mass is 10.1. The van der Waals surface area contributed by atoms with Crippen molar-refractivity contribution in [3.8, 4) is 0 Å². The number of carbonyl (C=O) groups is 1. The second-order valence-corrected chi connectivity index (χ2v) is 3.42. The van der Waals surface area contributed by atoms with Gasteiger partial charge in [-0.25, -0.2) is 0 Å². The number of nitrogens with one attached hydrogen (secondary N) is 1. The molecule has 0 aliphatic rings. The Morgan fingerprint density at radius 1 is 1.19 bits per heavy atom. The fraction of sp³-hybridized carbons (Fsp3) is 0.167. The first-order valence-electron chi connectivity index (χ1n) is 4.92. The molecule has 0 saturated heterocycles. The molecule has 4 heteroatoms. The van der Waals surface area contributed by atoms with Crippen molar-refractivity contribution in [1.29, 1.82) is 0 Å². The van der Waals surface area contributed by atoms with Crippen LogP contribution in [0.3, 0.4) is 0 Å². The summed E-state index contributed by atoms with van der Waals surface area (Å²) in [5.74, 6) is -0.484. The van der Waals surface area contributed by atoms with E-state index >= 15 is 0 Å². The van der Waals surface area contributed by atoms with Gasteiger partial charge in [0.05, 0.1) is 0 Å². The summed E-state index contributed by atoms with van der Waals surface area (Å²) in [6.45, 7) is 4.24. The van der Waals surface area contributed by atoms with Crippen LogP contribution in [0.15, 0.2) is 36.5 Å². The maximum atomic E-state index is 10.2. The third-order valence-electron chi connectivity index (χ3n) is 2.19. The number of carbonyl (C=O) groups excluding carboxylic acids is 1. The van der Waals surface area contributed by atoms with Gasteiger partial charge in [-0.05, 0) is 31.0 Å². The SMILES string of the molecule is Cc1ccccc1C.NC(=O)c1ccn[nH]1. The predicted octanol–water partition coefficient (Wildman–Crippen LogP) is 1.81. The van der Waals surface area contributed by atoms with Crippen molar-refractivity contribution in [2.75, 3.05) is 0 Å². The van der Waals surface area contributed by atoms with E-state index in [0.717, 1.165) is 0 Å². The van der Waals surface area contributed by atoms with Crippen LogP contribution in [0.2, 0.25) is 0 Å². The lowest BCUT2D eigenvalue weighted by Crippen LogP contribution is -2.10. The summed E-state index contributed by atoms with van der Waals surface area (Å²) in [6, 6.07) is 9.87. The average Bonchev–Trinajstić information content (AvgIpc) is 2.77. The number of aryl methyl sites for hydroxylation is 2. The predicted molar refractivity (Wildman–Crippen MR) is 63.0 cm³/mol. The molecule has 0 fully saturated rings.